The molecule has 3 nitrogen and oxygen atoms in total. The Morgan fingerprint density at radius 2 is 1.86 bits per heavy atom. The minimum absolute atomic E-state index is 0.278. The number of aromatic nitrogens is 1. The van der Waals surface area contributed by atoms with Crippen molar-refractivity contribution < 1.29 is 9.84 Å². The van der Waals surface area contributed by atoms with E-state index in [0.717, 1.165) is 28.9 Å². The van der Waals surface area contributed by atoms with Crippen LogP contribution in [-0.2, 0) is 13.2 Å². The van der Waals surface area contributed by atoms with Crippen LogP contribution in [0.1, 0.15) is 12.6 Å². The van der Waals surface area contributed by atoms with Crippen molar-refractivity contribution >= 4 is 22.5 Å². The number of halogens is 1. The van der Waals surface area contributed by atoms with E-state index in [9.17, 15) is 5.11 Å². The Balaban J connectivity index is 1.88. The molecular formula is C17H16ClNO2. The highest BCUT2D eigenvalue weighted by Gasteiger charge is 2.09. The highest BCUT2D eigenvalue weighted by molar-refractivity contribution is 6.30. The standard InChI is InChI=1S/C17H16ClNO2/c1-2-19-14(9-12-3-6-15(20)10-17(12)19)11-21-16-7-4-13(18)5-8-16/h3-10,20H,2,11H2,1H3. The summed E-state index contributed by atoms with van der Waals surface area (Å²) >= 11 is 5.86. The second kappa shape index (κ2) is 5.70. The Morgan fingerprint density at radius 3 is 2.57 bits per heavy atom. The van der Waals surface area contributed by atoms with Gasteiger partial charge in [0.05, 0.1) is 11.2 Å². The number of aromatic hydroxyl groups is 1. The average molecular weight is 302 g/mol. The summed E-state index contributed by atoms with van der Waals surface area (Å²) in [6, 6.07) is 14.8. The van der Waals surface area contributed by atoms with Crippen molar-refractivity contribution in [2.24, 2.45) is 0 Å². The topological polar surface area (TPSA) is 34.4 Å². The SMILES string of the molecule is CCn1c(COc2ccc(Cl)cc2)cc2ccc(O)cc21. The lowest BCUT2D eigenvalue weighted by atomic mass is 10.2. The first-order chi connectivity index (χ1) is 10.2. The molecule has 0 unspecified atom stereocenters. The van der Waals surface area contributed by atoms with Gasteiger partial charge >= 0.3 is 0 Å². The van der Waals surface area contributed by atoms with Crippen molar-refractivity contribution in [3.63, 3.8) is 0 Å². The minimum Gasteiger partial charge on any atom is -0.508 e. The van der Waals surface area contributed by atoms with Gasteiger partial charge in [0, 0.05) is 23.0 Å². The van der Waals surface area contributed by atoms with Crippen LogP contribution >= 0.6 is 11.6 Å². The van der Waals surface area contributed by atoms with E-state index >= 15 is 0 Å². The van der Waals surface area contributed by atoms with Gasteiger partial charge in [-0.2, -0.15) is 0 Å². The van der Waals surface area contributed by atoms with E-state index in [4.69, 9.17) is 16.3 Å². The molecule has 1 N–H and O–H groups in total. The van der Waals surface area contributed by atoms with E-state index in [1.165, 1.54) is 0 Å². The Labute approximate surface area is 128 Å². The first kappa shape index (κ1) is 13.8. The van der Waals surface area contributed by atoms with Crippen LogP contribution in [0.4, 0.5) is 0 Å². The van der Waals surface area contributed by atoms with Gasteiger partial charge in [-0.15, -0.1) is 0 Å². The molecule has 21 heavy (non-hydrogen) atoms. The Bertz CT molecular complexity index is 762. The highest BCUT2D eigenvalue weighted by atomic mass is 35.5. The van der Waals surface area contributed by atoms with Gasteiger partial charge in [-0.3, -0.25) is 0 Å². The maximum Gasteiger partial charge on any atom is 0.128 e. The van der Waals surface area contributed by atoms with Gasteiger partial charge in [-0.1, -0.05) is 11.6 Å². The maximum absolute atomic E-state index is 9.64. The summed E-state index contributed by atoms with van der Waals surface area (Å²) < 4.78 is 7.95. The molecule has 1 heterocycles. The lowest BCUT2D eigenvalue weighted by Gasteiger charge is -2.10. The molecular weight excluding hydrogens is 286 g/mol. The molecule has 0 fully saturated rings. The average Bonchev–Trinajstić information content (AvgIpc) is 2.83. The number of aryl methyl sites for hydroxylation is 1. The predicted molar refractivity (Wildman–Crippen MR) is 85.1 cm³/mol. The first-order valence-electron chi connectivity index (χ1n) is 6.87. The van der Waals surface area contributed by atoms with Crippen molar-refractivity contribution in [3.8, 4) is 11.5 Å². The third-order valence-electron chi connectivity index (χ3n) is 3.49. The largest absolute Gasteiger partial charge is 0.508 e. The van der Waals surface area contributed by atoms with Gasteiger partial charge in [0.1, 0.15) is 18.1 Å². The van der Waals surface area contributed by atoms with Gasteiger partial charge in [0.15, 0.2) is 0 Å². The molecule has 0 spiro atoms. The summed E-state index contributed by atoms with van der Waals surface area (Å²) in [5.74, 6) is 1.07. The Hall–Kier alpha value is -2.13. The molecule has 0 saturated heterocycles. The summed E-state index contributed by atoms with van der Waals surface area (Å²) in [5, 5.41) is 11.4. The highest BCUT2D eigenvalue weighted by Crippen LogP contribution is 2.25. The predicted octanol–water partition coefficient (Wildman–Crippen LogP) is 4.60. The molecule has 0 radical (unpaired) electrons. The quantitative estimate of drug-likeness (QED) is 0.764. The monoisotopic (exact) mass is 301 g/mol. The summed E-state index contributed by atoms with van der Waals surface area (Å²) in [4.78, 5) is 0. The van der Waals surface area contributed by atoms with E-state index in [-0.39, 0.29) is 5.75 Å². The van der Waals surface area contributed by atoms with Crippen LogP contribution in [0.15, 0.2) is 48.5 Å². The number of hydrogen-bond acceptors (Lipinski definition) is 2. The smallest absolute Gasteiger partial charge is 0.128 e. The first-order valence-corrected chi connectivity index (χ1v) is 7.24. The Morgan fingerprint density at radius 1 is 1.10 bits per heavy atom. The number of phenolic OH excluding ortho intramolecular Hbond substituents is 1. The number of hydrogen-bond donors (Lipinski definition) is 1. The van der Waals surface area contributed by atoms with Crippen LogP contribution in [0, 0.1) is 0 Å². The van der Waals surface area contributed by atoms with Crippen molar-refractivity contribution in [3.05, 3.63) is 59.2 Å². The molecule has 0 atom stereocenters. The molecule has 0 aliphatic carbocycles. The van der Waals surface area contributed by atoms with E-state index in [1.54, 1.807) is 12.1 Å². The third kappa shape index (κ3) is 2.83. The molecule has 0 bridgehead atoms. The summed E-state index contributed by atoms with van der Waals surface area (Å²) in [6.07, 6.45) is 0. The zero-order valence-corrected chi connectivity index (χ0v) is 12.5. The minimum atomic E-state index is 0.278. The molecule has 0 aliphatic rings. The fourth-order valence-corrected chi connectivity index (χ4v) is 2.61. The van der Waals surface area contributed by atoms with E-state index in [2.05, 4.69) is 17.6 Å². The van der Waals surface area contributed by atoms with Crippen LogP contribution in [0.2, 0.25) is 5.02 Å². The second-order valence-electron chi connectivity index (χ2n) is 4.87. The van der Waals surface area contributed by atoms with Gasteiger partial charge < -0.3 is 14.4 Å². The molecule has 3 aromatic rings. The molecule has 2 aromatic carbocycles. The number of ether oxygens (including phenoxy) is 1. The zero-order chi connectivity index (χ0) is 14.8. The van der Waals surface area contributed by atoms with Crippen LogP contribution in [0.5, 0.6) is 11.5 Å². The third-order valence-corrected chi connectivity index (χ3v) is 3.74. The van der Waals surface area contributed by atoms with Gasteiger partial charge in [-0.05, 0) is 49.4 Å². The van der Waals surface area contributed by atoms with Gasteiger partial charge in [-0.25, -0.2) is 0 Å². The fraction of sp³-hybridized carbons (Fsp3) is 0.176. The molecule has 4 heteroatoms. The van der Waals surface area contributed by atoms with E-state index in [1.807, 2.05) is 30.3 Å². The molecule has 3 rings (SSSR count). The van der Waals surface area contributed by atoms with E-state index in [0.29, 0.717) is 11.6 Å². The lowest BCUT2D eigenvalue weighted by Crippen LogP contribution is -2.04. The van der Waals surface area contributed by atoms with Crippen molar-refractivity contribution in [2.45, 2.75) is 20.1 Å². The number of fused-ring (bicyclic) bond motifs is 1. The summed E-state index contributed by atoms with van der Waals surface area (Å²) in [6.45, 7) is 3.38. The maximum atomic E-state index is 9.64. The zero-order valence-electron chi connectivity index (χ0n) is 11.7. The fourth-order valence-electron chi connectivity index (χ4n) is 2.48. The van der Waals surface area contributed by atoms with E-state index < -0.39 is 0 Å². The number of benzene rings is 2. The van der Waals surface area contributed by atoms with Crippen molar-refractivity contribution in [1.29, 1.82) is 0 Å². The van der Waals surface area contributed by atoms with Crippen LogP contribution in [0.3, 0.4) is 0 Å². The van der Waals surface area contributed by atoms with Crippen molar-refractivity contribution in [2.75, 3.05) is 0 Å². The van der Waals surface area contributed by atoms with Crippen LogP contribution in [0.25, 0.3) is 10.9 Å². The molecule has 0 saturated carbocycles. The second-order valence-corrected chi connectivity index (χ2v) is 5.30. The van der Waals surface area contributed by atoms with Gasteiger partial charge in [0.2, 0.25) is 0 Å². The molecule has 1 aromatic heterocycles. The normalized spacial score (nSPS) is 11.0. The summed E-state index contributed by atoms with van der Waals surface area (Å²) in [7, 11) is 0. The number of rotatable bonds is 4. The van der Waals surface area contributed by atoms with Gasteiger partial charge in [0.25, 0.3) is 0 Å². The summed E-state index contributed by atoms with van der Waals surface area (Å²) in [5.41, 5.74) is 2.10. The molecule has 0 amide bonds. The van der Waals surface area contributed by atoms with Crippen LogP contribution in [-0.4, -0.2) is 9.67 Å². The lowest BCUT2D eigenvalue weighted by molar-refractivity contribution is 0.296. The molecule has 0 aliphatic heterocycles. The van der Waals surface area contributed by atoms with Crippen molar-refractivity contribution in [1.82, 2.24) is 4.57 Å². The molecule has 108 valence electrons. The van der Waals surface area contributed by atoms with Crippen LogP contribution < -0.4 is 4.74 Å². The Kier molecular flexibility index (Phi) is 3.76. The number of nitrogens with zero attached hydrogens (tertiary/aromatic N) is 1. The number of phenols is 1.